The first-order valence-electron chi connectivity index (χ1n) is 15.2. The number of Topliss-reactive ketones (excluding diaryl/α,β-unsaturated/α-hetero) is 1. The van der Waals surface area contributed by atoms with Crippen molar-refractivity contribution in [3.8, 4) is 5.75 Å². The van der Waals surface area contributed by atoms with Crippen LogP contribution in [-0.4, -0.2) is 46.8 Å². The highest BCUT2D eigenvalue weighted by Gasteiger charge is 2.51. The lowest BCUT2D eigenvalue weighted by molar-refractivity contribution is -0.0945. The molecule has 1 aliphatic rings. The van der Waals surface area contributed by atoms with Gasteiger partial charge in [-0.15, -0.1) is 0 Å². The van der Waals surface area contributed by atoms with Crippen LogP contribution >= 0.6 is 0 Å². The van der Waals surface area contributed by atoms with Gasteiger partial charge >= 0.3 is 6.03 Å². The molecule has 252 valence electrons. The van der Waals surface area contributed by atoms with Gasteiger partial charge in [0.2, 0.25) is 0 Å². The Morgan fingerprint density at radius 2 is 1.57 bits per heavy atom. The molecule has 0 aliphatic heterocycles. The van der Waals surface area contributed by atoms with Crippen LogP contribution in [0.25, 0.3) is 0 Å². The van der Waals surface area contributed by atoms with Crippen LogP contribution < -0.4 is 15.4 Å². The van der Waals surface area contributed by atoms with E-state index in [2.05, 4.69) is 62.3 Å². The van der Waals surface area contributed by atoms with Gasteiger partial charge in [0.25, 0.3) is 10.1 Å². The number of hydrogen-bond acceptors (Lipinski definition) is 8. The van der Waals surface area contributed by atoms with Crippen molar-refractivity contribution in [1.29, 1.82) is 0 Å². The Hall–Kier alpha value is -3.77. The molecule has 1 saturated carbocycles. The van der Waals surface area contributed by atoms with E-state index in [0.717, 1.165) is 18.4 Å². The predicted octanol–water partition coefficient (Wildman–Crippen LogP) is 7.56. The summed E-state index contributed by atoms with van der Waals surface area (Å²) in [5, 5.41) is 9.32. The molecule has 1 fully saturated rings. The second kappa shape index (κ2) is 13.5. The molecular weight excluding hydrogens is 608 g/mol. The summed E-state index contributed by atoms with van der Waals surface area (Å²) in [5.41, 5.74) is 1.61. The summed E-state index contributed by atoms with van der Waals surface area (Å²) in [5.74, 6) is 2.19. The van der Waals surface area contributed by atoms with Crippen molar-refractivity contribution in [2.75, 3.05) is 16.9 Å². The van der Waals surface area contributed by atoms with Crippen LogP contribution in [0.5, 0.6) is 5.75 Å². The van der Waals surface area contributed by atoms with E-state index in [1.807, 2.05) is 39.0 Å². The molecule has 2 aromatic heterocycles. The average Bonchev–Trinajstić information content (AvgIpc) is 3.36. The minimum atomic E-state index is -3.67. The van der Waals surface area contributed by atoms with Crippen molar-refractivity contribution < 1.29 is 31.8 Å². The first-order valence-corrected chi connectivity index (χ1v) is 17.1. The minimum Gasteiger partial charge on any atom is -0.486 e. The smallest absolute Gasteiger partial charge is 0.324 e. The first-order chi connectivity index (χ1) is 21.0. The van der Waals surface area contributed by atoms with Crippen LogP contribution in [0.4, 0.5) is 16.3 Å². The van der Waals surface area contributed by atoms with Gasteiger partial charge in [0, 0.05) is 23.6 Å². The molecule has 3 aromatic rings. The number of rotatable bonds is 7. The molecule has 11 nitrogen and oxygen atoms in total. The van der Waals surface area contributed by atoms with E-state index in [4.69, 9.17) is 13.8 Å². The fraction of sp³-hybridized carbons (Fsp3) is 0.529. The number of ketones is 1. The lowest BCUT2D eigenvalue weighted by Gasteiger charge is -2.54. The molecule has 0 saturated heterocycles. The maximum atomic E-state index is 12.9. The molecular formula is C34H48N4O7S. The van der Waals surface area contributed by atoms with E-state index >= 15 is 0 Å². The SMILES string of the molecule is CC1C(C)(C)CC(C)(Oc2ccc(C(=O)Cc3ccc(NC(=O)Nc4cc(C(C)(C)C)on4)cc3)nc2)CC1(C)C.CS(=O)(=O)O. The zero-order valence-corrected chi connectivity index (χ0v) is 29.3. The summed E-state index contributed by atoms with van der Waals surface area (Å²) in [7, 11) is -3.67. The molecule has 0 spiro atoms. The summed E-state index contributed by atoms with van der Waals surface area (Å²) in [6.45, 7) is 19.8. The van der Waals surface area contributed by atoms with E-state index in [9.17, 15) is 18.0 Å². The van der Waals surface area contributed by atoms with Crippen LogP contribution in [0.3, 0.4) is 0 Å². The highest BCUT2D eigenvalue weighted by Crippen LogP contribution is 2.55. The van der Waals surface area contributed by atoms with E-state index in [1.54, 1.807) is 30.5 Å². The molecule has 0 atom stereocenters. The largest absolute Gasteiger partial charge is 0.486 e. The number of anilines is 2. The minimum absolute atomic E-state index is 0.0874. The van der Waals surface area contributed by atoms with Crippen molar-refractivity contribution in [2.45, 2.75) is 92.6 Å². The molecule has 0 unspecified atom stereocenters. The number of benzene rings is 1. The van der Waals surface area contributed by atoms with Gasteiger partial charge < -0.3 is 14.6 Å². The number of ether oxygens (including phenoxy) is 1. The highest BCUT2D eigenvalue weighted by molar-refractivity contribution is 7.85. The Balaban J connectivity index is 0.00000107. The topological polar surface area (TPSA) is 161 Å². The second-order valence-electron chi connectivity index (χ2n) is 14.9. The Labute approximate surface area is 272 Å². The van der Waals surface area contributed by atoms with Crippen molar-refractivity contribution in [2.24, 2.45) is 16.7 Å². The molecule has 3 N–H and O–H groups in total. The zero-order valence-electron chi connectivity index (χ0n) is 28.5. The number of urea groups is 1. The highest BCUT2D eigenvalue weighted by atomic mass is 32.2. The Kier molecular flexibility index (Phi) is 10.8. The standard InChI is InChI=1S/C33H44N4O4.CH4O3S/c1-21-31(5,6)19-33(9,20-32(21,7)8)40-24-14-15-25(34-18-24)26(38)16-22-10-12-23(13-11-22)35-29(39)36-28-17-27(41-37-28)30(2,3)4;1-5(2,3)4/h10-15,17-18,21H,16,19-20H2,1-9H3,(H2,35,36,37,39);1H3,(H,2,3,4). The van der Waals surface area contributed by atoms with Gasteiger partial charge in [0.1, 0.15) is 22.8 Å². The Morgan fingerprint density at radius 1 is 1.00 bits per heavy atom. The number of carbonyl (C=O) groups excluding carboxylic acids is 2. The third-order valence-corrected chi connectivity index (χ3v) is 8.46. The van der Waals surface area contributed by atoms with Crippen LogP contribution in [0.2, 0.25) is 0 Å². The van der Waals surface area contributed by atoms with Gasteiger partial charge in [-0.25, -0.2) is 9.78 Å². The van der Waals surface area contributed by atoms with Crippen molar-refractivity contribution in [3.05, 3.63) is 65.7 Å². The number of pyridine rings is 1. The fourth-order valence-electron chi connectivity index (χ4n) is 6.26. The fourth-order valence-corrected chi connectivity index (χ4v) is 6.26. The summed E-state index contributed by atoms with van der Waals surface area (Å²) in [6, 6.07) is 12.0. The van der Waals surface area contributed by atoms with E-state index < -0.39 is 16.1 Å². The lowest BCUT2D eigenvalue weighted by Crippen LogP contribution is -2.52. The quantitative estimate of drug-likeness (QED) is 0.172. The molecule has 0 bridgehead atoms. The Bertz CT molecular complexity index is 1590. The number of hydrogen-bond donors (Lipinski definition) is 3. The van der Waals surface area contributed by atoms with E-state index in [0.29, 0.717) is 40.9 Å². The summed E-state index contributed by atoms with van der Waals surface area (Å²) >= 11 is 0. The van der Waals surface area contributed by atoms with Gasteiger partial charge in [0.15, 0.2) is 11.6 Å². The molecule has 0 radical (unpaired) electrons. The van der Waals surface area contributed by atoms with Crippen molar-refractivity contribution in [1.82, 2.24) is 10.1 Å². The third kappa shape index (κ3) is 10.7. The number of aromatic nitrogens is 2. The normalized spacial score (nSPS) is 20.5. The molecule has 46 heavy (non-hydrogen) atoms. The molecule has 1 aliphatic carbocycles. The Morgan fingerprint density at radius 3 is 2.04 bits per heavy atom. The summed E-state index contributed by atoms with van der Waals surface area (Å²) in [4.78, 5) is 29.7. The van der Waals surface area contributed by atoms with Crippen LogP contribution in [0.15, 0.2) is 53.2 Å². The number of nitrogens with zero attached hydrogens (tertiary/aromatic N) is 2. The van der Waals surface area contributed by atoms with Gasteiger partial charge in [-0.3, -0.25) is 14.7 Å². The maximum absolute atomic E-state index is 12.9. The molecule has 1 aromatic carbocycles. The van der Waals surface area contributed by atoms with Gasteiger partial charge in [-0.05, 0) is 66.3 Å². The van der Waals surface area contributed by atoms with Gasteiger partial charge in [0.05, 0.1) is 12.5 Å². The number of amides is 2. The van der Waals surface area contributed by atoms with Gasteiger partial charge in [-0.2, -0.15) is 8.42 Å². The van der Waals surface area contributed by atoms with Gasteiger partial charge in [-0.1, -0.05) is 72.7 Å². The van der Waals surface area contributed by atoms with Crippen molar-refractivity contribution >= 4 is 33.4 Å². The van der Waals surface area contributed by atoms with E-state index in [-0.39, 0.29) is 34.1 Å². The average molecular weight is 657 g/mol. The third-order valence-electron chi connectivity index (χ3n) is 8.46. The number of carbonyl (C=O) groups is 2. The first kappa shape index (κ1) is 36.7. The molecule has 2 amide bonds. The molecule has 4 rings (SSSR count). The molecule has 2 heterocycles. The second-order valence-corrected chi connectivity index (χ2v) is 16.4. The maximum Gasteiger partial charge on any atom is 0.324 e. The lowest BCUT2D eigenvalue weighted by atomic mass is 9.54. The van der Waals surface area contributed by atoms with Crippen molar-refractivity contribution in [3.63, 3.8) is 0 Å². The van der Waals surface area contributed by atoms with Crippen LogP contribution in [0.1, 0.15) is 97.0 Å². The molecule has 12 heteroatoms. The zero-order chi connectivity index (χ0) is 34.7. The predicted molar refractivity (Wildman–Crippen MR) is 179 cm³/mol. The van der Waals surface area contributed by atoms with Crippen LogP contribution in [0, 0.1) is 16.7 Å². The summed E-state index contributed by atoms with van der Waals surface area (Å²) < 4.78 is 37.7. The van der Waals surface area contributed by atoms with Crippen LogP contribution in [-0.2, 0) is 22.0 Å². The van der Waals surface area contributed by atoms with E-state index in [1.165, 1.54) is 0 Å². The monoisotopic (exact) mass is 656 g/mol. The number of nitrogens with one attached hydrogen (secondary N) is 2. The summed E-state index contributed by atoms with van der Waals surface area (Å²) in [6.07, 6.45) is 4.48.